The van der Waals surface area contributed by atoms with Gasteiger partial charge >= 0.3 is 0 Å². The van der Waals surface area contributed by atoms with E-state index in [1.54, 1.807) is 18.4 Å². The Bertz CT molecular complexity index is 641. The number of hydrogen-bond donors (Lipinski definition) is 2. The van der Waals surface area contributed by atoms with Crippen LogP contribution in [-0.2, 0) is 4.79 Å². The molecule has 0 saturated carbocycles. The van der Waals surface area contributed by atoms with Crippen molar-refractivity contribution in [3.05, 3.63) is 11.4 Å². The van der Waals surface area contributed by atoms with Crippen LogP contribution in [0.1, 0.15) is 13.3 Å². The average molecular weight is 291 g/mol. The van der Waals surface area contributed by atoms with E-state index in [9.17, 15) is 4.79 Å². The topological polar surface area (TPSA) is 70.2 Å². The molecule has 6 nitrogen and oxygen atoms in total. The largest absolute Gasteiger partial charge is 0.357 e. The van der Waals surface area contributed by atoms with Gasteiger partial charge < -0.3 is 15.5 Å². The maximum Gasteiger partial charge on any atom is 0.242 e. The standard InChI is InChI=1S/C13H17N5OS/c1-3-9-11(19)15-5-6-18(9)10-8-4-7-20-12(8)17-13(14-2)16-10/h4,7,9H,3,5-6H2,1-2H3,(H,15,19)(H,14,16,17). The fraction of sp³-hybridized carbons (Fsp3) is 0.462. The molecule has 7 heteroatoms. The van der Waals surface area contributed by atoms with Crippen molar-refractivity contribution >= 4 is 39.2 Å². The maximum absolute atomic E-state index is 12.0. The molecule has 0 aliphatic carbocycles. The first-order chi connectivity index (χ1) is 9.74. The number of thiophene rings is 1. The van der Waals surface area contributed by atoms with E-state index in [0.717, 1.165) is 29.0 Å². The highest BCUT2D eigenvalue weighted by Gasteiger charge is 2.30. The molecule has 0 aromatic carbocycles. The Morgan fingerprint density at radius 1 is 1.55 bits per heavy atom. The summed E-state index contributed by atoms with van der Waals surface area (Å²) in [6.07, 6.45) is 0.760. The lowest BCUT2D eigenvalue weighted by Crippen LogP contribution is -2.55. The van der Waals surface area contributed by atoms with E-state index in [4.69, 9.17) is 0 Å². The lowest BCUT2D eigenvalue weighted by Gasteiger charge is -2.35. The summed E-state index contributed by atoms with van der Waals surface area (Å²) in [5.74, 6) is 1.52. The van der Waals surface area contributed by atoms with Crippen LogP contribution in [-0.4, -0.2) is 42.1 Å². The summed E-state index contributed by atoms with van der Waals surface area (Å²) in [5, 5.41) is 8.93. The Hall–Kier alpha value is -1.89. The summed E-state index contributed by atoms with van der Waals surface area (Å²) >= 11 is 1.59. The van der Waals surface area contributed by atoms with Crippen LogP contribution in [0.4, 0.5) is 11.8 Å². The smallest absolute Gasteiger partial charge is 0.242 e. The number of fused-ring (bicyclic) bond motifs is 1. The van der Waals surface area contributed by atoms with Crippen molar-refractivity contribution in [1.29, 1.82) is 0 Å². The minimum atomic E-state index is -0.161. The van der Waals surface area contributed by atoms with Crippen LogP contribution in [0.15, 0.2) is 11.4 Å². The van der Waals surface area contributed by atoms with E-state index in [1.807, 2.05) is 18.4 Å². The van der Waals surface area contributed by atoms with Gasteiger partial charge in [0.15, 0.2) is 0 Å². The highest BCUT2D eigenvalue weighted by atomic mass is 32.1. The van der Waals surface area contributed by atoms with E-state index in [1.165, 1.54) is 0 Å². The fourth-order valence-electron chi connectivity index (χ4n) is 2.54. The van der Waals surface area contributed by atoms with Gasteiger partial charge in [0.2, 0.25) is 11.9 Å². The van der Waals surface area contributed by atoms with Gasteiger partial charge in [0.05, 0.1) is 5.39 Å². The number of nitrogens with one attached hydrogen (secondary N) is 2. The van der Waals surface area contributed by atoms with Gasteiger partial charge in [-0.25, -0.2) is 4.98 Å². The summed E-state index contributed by atoms with van der Waals surface area (Å²) in [6.45, 7) is 3.45. The van der Waals surface area contributed by atoms with Gasteiger partial charge in [-0.2, -0.15) is 4.98 Å². The molecule has 2 aromatic rings. The van der Waals surface area contributed by atoms with Crippen LogP contribution in [0.3, 0.4) is 0 Å². The molecule has 3 heterocycles. The van der Waals surface area contributed by atoms with Crippen LogP contribution < -0.4 is 15.5 Å². The zero-order chi connectivity index (χ0) is 14.1. The third-order valence-corrected chi connectivity index (χ3v) is 4.32. The SMILES string of the molecule is CCC1C(=O)NCCN1c1nc(NC)nc2sccc12. The van der Waals surface area contributed by atoms with Gasteiger partial charge in [-0.3, -0.25) is 4.79 Å². The molecule has 2 N–H and O–H groups in total. The molecule has 1 unspecified atom stereocenters. The van der Waals surface area contributed by atoms with Crippen molar-refractivity contribution in [2.24, 2.45) is 0 Å². The third kappa shape index (κ3) is 2.07. The predicted octanol–water partition coefficient (Wildman–Crippen LogP) is 1.45. The molecule has 1 aliphatic rings. The van der Waals surface area contributed by atoms with Gasteiger partial charge in [-0.15, -0.1) is 11.3 Å². The van der Waals surface area contributed by atoms with E-state index < -0.39 is 0 Å². The lowest BCUT2D eigenvalue weighted by atomic mass is 10.1. The molecule has 20 heavy (non-hydrogen) atoms. The third-order valence-electron chi connectivity index (χ3n) is 3.52. The van der Waals surface area contributed by atoms with Gasteiger partial charge in [-0.05, 0) is 17.9 Å². The Morgan fingerprint density at radius 2 is 2.40 bits per heavy atom. The van der Waals surface area contributed by atoms with Crippen molar-refractivity contribution in [3.63, 3.8) is 0 Å². The molecular weight excluding hydrogens is 274 g/mol. The lowest BCUT2D eigenvalue weighted by molar-refractivity contribution is -0.123. The quantitative estimate of drug-likeness (QED) is 0.895. The maximum atomic E-state index is 12.0. The van der Waals surface area contributed by atoms with Gasteiger partial charge in [0.1, 0.15) is 16.7 Å². The number of anilines is 2. The summed E-state index contributed by atoms with van der Waals surface area (Å²) in [4.78, 5) is 24.1. The Labute approximate surface area is 121 Å². The first-order valence-corrected chi connectivity index (χ1v) is 7.60. The summed E-state index contributed by atoms with van der Waals surface area (Å²) in [6, 6.07) is 1.86. The average Bonchev–Trinajstić information content (AvgIpc) is 2.94. The number of nitrogens with zero attached hydrogens (tertiary/aromatic N) is 3. The van der Waals surface area contributed by atoms with Crippen molar-refractivity contribution in [2.75, 3.05) is 30.4 Å². The number of carbonyl (C=O) groups is 1. The summed E-state index contributed by atoms with van der Waals surface area (Å²) < 4.78 is 0. The predicted molar refractivity (Wildman–Crippen MR) is 81.4 cm³/mol. The fourth-order valence-corrected chi connectivity index (χ4v) is 3.30. The van der Waals surface area contributed by atoms with Gasteiger partial charge in [-0.1, -0.05) is 6.92 Å². The highest BCUT2D eigenvalue weighted by Crippen LogP contribution is 2.31. The second-order valence-corrected chi connectivity index (χ2v) is 5.56. The van der Waals surface area contributed by atoms with Crippen LogP contribution in [0.2, 0.25) is 0 Å². The van der Waals surface area contributed by atoms with E-state index in [0.29, 0.717) is 12.5 Å². The molecule has 1 atom stereocenters. The van der Waals surface area contributed by atoms with E-state index in [-0.39, 0.29) is 11.9 Å². The highest BCUT2D eigenvalue weighted by molar-refractivity contribution is 7.16. The van der Waals surface area contributed by atoms with Crippen molar-refractivity contribution < 1.29 is 4.79 Å². The van der Waals surface area contributed by atoms with Gasteiger partial charge in [0.25, 0.3) is 0 Å². The molecule has 1 aliphatic heterocycles. The number of rotatable bonds is 3. The number of carbonyl (C=O) groups excluding carboxylic acids is 1. The molecule has 106 valence electrons. The van der Waals surface area contributed by atoms with Crippen LogP contribution in [0.25, 0.3) is 10.2 Å². The Balaban J connectivity index is 2.11. The zero-order valence-electron chi connectivity index (χ0n) is 11.5. The first kappa shape index (κ1) is 13.1. The molecule has 0 bridgehead atoms. The number of piperazine rings is 1. The molecule has 2 aromatic heterocycles. The van der Waals surface area contributed by atoms with Gasteiger partial charge in [0, 0.05) is 20.1 Å². The molecule has 0 radical (unpaired) electrons. The number of aromatic nitrogens is 2. The van der Waals surface area contributed by atoms with Crippen LogP contribution in [0.5, 0.6) is 0 Å². The molecular formula is C13H17N5OS. The number of amides is 1. The zero-order valence-corrected chi connectivity index (χ0v) is 12.3. The van der Waals surface area contributed by atoms with E-state index in [2.05, 4.69) is 25.5 Å². The summed E-state index contributed by atoms with van der Waals surface area (Å²) in [7, 11) is 1.80. The second-order valence-electron chi connectivity index (χ2n) is 4.67. The summed E-state index contributed by atoms with van der Waals surface area (Å²) in [5.41, 5.74) is 0. The molecule has 1 fully saturated rings. The molecule has 1 amide bonds. The van der Waals surface area contributed by atoms with Crippen LogP contribution in [0, 0.1) is 0 Å². The second kappa shape index (κ2) is 5.24. The van der Waals surface area contributed by atoms with Crippen molar-refractivity contribution in [3.8, 4) is 0 Å². The van der Waals surface area contributed by atoms with Crippen molar-refractivity contribution in [2.45, 2.75) is 19.4 Å². The van der Waals surface area contributed by atoms with E-state index >= 15 is 0 Å². The Kier molecular flexibility index (Phi) is 3.43. The molecule has 1 saturated heterocycles. The number of hydrogen-bond acceptors (Lipinski definition) is 6. The van der Waals surface area contributed by atoms with Crippen LogP contribution >= 0.6 is 11.3 Å². The normalized spacial score (nSPS) is 19.2. The molecule has 0 spiro atoms. The minimum Gasteiger partial charge on any atom is -0.357 e. The monoisotopic (exact) mass is 291 g/mol. The molecule has 3 rings (SSSR count). The Morgan fingerprint density at radius 3 is 3.15 bits per heavy atom. The minimum absolute atomic E-state index is 0.0757. The van der Waals surface area contributed by atoms with Crippen molar-refractivity contribution in [1.82, 2.24) is 15.3 Å². The first-order valence-electron chi connectivity index (χ1n) is 6.72.